The highest BCUT2D eigenvalue weighted by Crippen LogP contribution is 2.28. The SMILES string of the molecule is CCC(C)c1ccccc1OCC(=O)Nc1nc(C(C)=O)cs1. The van der Waals surface area contributed by atoms with Crippen LogP contribution in [-0.2, 0) is 4.79 Å². The van der Waals surface area contributed by atoms with E-state index in [9.17, 15) is 9.59 Å². The van der Waals surface area contributed by atoms with E-state index in [2.05, 4.69) is 24.1 Å². The molecule has 0 fully saturated rings. The highest BCUT2D eigenvalue weighted by Gasteiger charge is 2.13. The maximum absolute atomic E-state index is 12.0. The van der Waals surface area contributed by atoms with Gasteiger partial charge in [-0.15, -0.1) is 11.3 Å². The van der Waals surface area contributed by atoms with Crippen LogP contribution >= 0.6 is 11.3 Å². The minimum absolute atomic E-state index is 0.0948. The van der Waals surface area contributed by atoms with Crippen LogP contribution in [0.15, 0.2) is 29.6 Å². The topological polar surface area (TPSA) is 68.3 Å². The number of ketones is 1. The smallest absolute Gasteiger partial charge is 0.264 e. The molecule has 5 nitrogen and oxygen atoms in total. The molecule has 0 aliphatic heterocycles. The number of nitrogens with one attached hydrogen (secondary N) is 1. The number of aromatic nitrogens is 1. The Morgan fingerprint density at radius 3 is 2.74 bits per heavy atom. The van der Waals surface area contributed by atoms with E-state index < -0.39 is 0 Å². The van der Waals surface area contributed by atoms with Crippen molar-refractivity contribution in [3.63, 3.8) is 0 Å². The van der Waals surface area contributed by atoms with Crippen molar-refractivity contribution in [1.29, 1.82) is 0 Å². The predicted molar refractivity (Wildman–Crippen MR) is 91.4 cm³/mol. The number of Topliss-reactive ketones (excluding diaryl/α,β-unsaturated/α-hetero) is 1. The standard InChI is InChI=1S/C17H20N2O3S/c1-4-11(2)13-7-5-6-8-15(13)22-9-16(21)19-17-18-14(10-23-17)12(3)20/h5-8,10-11H,4,9H2,1-3H3,(H,18,19,21). The fourth-order valence-corrected chi connectivity index (χ4v) is 2.80. The van der Waals surface area contributed by atoms with Gasteiger partial charge in [0.2, 0.25) is 0 Å². The van der Waals surface area contributed by atoms with E-state index in [0.29, 0.717) is 16.7 Å². The zero-order chi connectivity index (χ0) is 16.8. The third-order valence-electron chi connectivity index (χ3n) is 3.53. The third kappa shape index (κ3) is 4.63. The average Bonchev–Trinajstić information content (AvgIpc) is 3.01. The maximum atomic E-state index is 12.0. The van der Waals surface area contributed by atoms with Crippen LogP contribution in [0.2, 0.25) is 0 Å². The van der Waals surface area contributed by atoms with Gasteiger partial charge in [0.1, 0.15) is 11.4 Å². The number of carbonyl (C=O) groups is 2. The lowest BCUT2D eigenvalue weighted by Crippen LogP contribution is -2.20. The lowest BCUT2D eigenvalue weighted by Gasteiger charge is -2.15. The number of hydrogen-bond donors (Lipinski definition) is 1. The van der Waals surface area contributed by atoms with Crippen molar-refractivity contribution < 1.29 is 14.3 Å². The molecule has 2 rings (SSSR count). The Hall–Kier alpha value is -2.21. The van der Waals surface area contributed by atoms with Crippen molar-refractivity contribution in [3.8, 4) is 5.75 Å². The fourth-order valence-electron chi connectivity index (χ4n) is 2.03. The summed E-state index contributed by atoms with van der Waals surface area (Å²) < 4.78 is 5.65. The van der Waals surface area contributed by atoms with Gasteiger partial charge in [0.15, 0.2) is 17.5 Å². The van der Waals surface area contributed by atoms with Crippen molar-refractivity contribution in [2.24, 2.45) is 0 Å². The summed E-state index contributed by atoms with van der Waals surface area (Å²) >= 11 is 1.22. The molecule has 0 aliphatic carbocycles. The number of benzene rings is 1. The Balaban J connectivity index is 1.95. The van der Waals surface area contributed by atoms with Crippen molar-refractivity contribution in [1.82, 2.24) is 4.98 Å². The van der Waals surface area contributed by atoms with Crippen LogP contribution in [0.25, 0.3) is 0 Å². The minimum Gasteiger partial charge on any atom is -0.483 e. The quantitative estimate of drug-likeness (QED) is 0.781. The molecular weight excluding hydrogens is 312 g/mol. The molecule has 122 valence electrons. The second-order valence-corrected chi connectivity index (χ2v) is 6.14. The Morgan fingerprint density at radius 2 is 2.09 bits per heavy atom. The Labute approximate surface area is 139 Å². The zero-order valence-electron chi connectivity index (χ0n) is 13.5. The van der Waals surface area contributed by atoms with Gasteiger partial charge >= 0.3 is 0 Å². The lowest BCUT2D eigenvalue weighted by molar-refractivity contribution is -0.118. The summed E-state index contributed by atoms with van der Waals surface area (Å²) in [5.41, 5.74) is 1.45. The summed E-state index contributed by atoms with van der Waals surface area (Å²) in [7, 11) is 0. The molecule has 1 heterocycles. The molecule has 6 heteroatoms. The fraction of sp³-hybridized carbons (Fsp3) is 0.353. The molecule has 1 aromatic carbocycles. The monoisotopic (exact) mass is 332 g/mol. The number of hydrogen-bond acceptors (Lipinski definition) is 5. The van der Waals surface area contributed by atoms with Crippen LogP contribution < -0.4 is 10.1 Å². The van der Waals surface area contributed by atoms with Crippen LogP contribution in [0.4, 0.5) is 5.13 Å². The number of carbonyl (C=O) groups excluding carboxylic acids is 2. The molecule has 1 unspecified atom stereocenters. The van der Waals surface area contributed by atoms with Gasteiger partial charge in [-0.3, -0.25) is 14.9 Å². The van der Waals surface area contributed by atoms with Gasteiger partial charge in [0, 0.05) is 12.3 Å². The summed E-state index contributed by atoms with van der Waals surface area (Å²) in [5, 5.41) is 4.67. The van der Waals surface area contributed by atoms with E-state index in [1.807, 2.05) is 24.3 Å². The number of thiazole rings is 1. The molecule has 0 saturated heterocycles. The summed E-state index contributed by atoms with van der Waals surface area (Å²) in [6.07, 6.45) is 1.000. The van der Waals surface area contributed by atoms with Crippen LogP contribution in [0, 0.1) is 0 Å². The molecule has 0 spiro atoms. The lowest BCUT2D eigenvalue weighted by atomic mass is 9.98. The molecule has 1 aromatic heterocycles. The number of nitrogens with zero attached hydrogens (tertiary/aromatic N) is 1. The zero-order valence-corrected chi connectivity index (χ0v) is 14.3. The number of rotatable bonds is 7. The first kappa shape index (κ1) is 17.1. The Morgan fingerprint density at radius 1 is 1.35 bits per heavy atom. The highest BCUT2D eigenvalue weighted by atomic mass is 32.1. The van der Waals surface area contributed by atoms with E-state index in [0.717, 1.165) is 17.7 Å². The number of para-hydroxylation sites is 1. The minimum atomic E-state index is -0.298. The number of anilines is 1. The Kier molecular flexibility index (Phi) is 5.87. The molecule has 23 heavy (non-hydrogen) atoms. The van der Waals surface area contributed by atoms with Gasteiger partial charge < -0.3 is 4.74 Å². The van der Waals surface area contributed by atoms with Gasteiger partial charge in [-0.1, -0.05) is 32.0 Å². The molecule has 1 atom stereocenters. The van der Waals surface area contributed by atoms with Gasteiger partial charge in [-0.05, 0) is 24.0 Å². The predicted octanol–water partition coefficient (Wildman–Crippen LogP) is 3.88. The van der Waals surface area contributed by atoms with Gasteiger partial charge in [0.05, 0.1) is 0 Å². The van der Waals surface area contributed by atoms with E-state index in [1.54, 1.807) is 5.38 Å². The summed E-state index contributed by atoms with van der Waals surface area (Å²) in [5.74, 6) is 0.667. The molecule has 1 N–H and O–H groups in total. The first-order chi connectivity index (χ1) is 11.0. The maximum Gasteiger partial charge on any atom is 0.264 e. The molecular formula is C17H20N2O3S. The largest absolute Gasteiger partial charge is 0.483 e. The highest BCUT2D eigenvalue weighted by molar-refractivity contribution is 7.14. The second kappa shape index (κ2) is 7.87. The Bertz CT molecular complexity index is 697. The van der Waals surface area contributed by atoms with E-state index in [-0.39, 0.29) is 18.3 Å². The van der Waals surface area contributed by atoms with Crippen LogP contribution in [0.5, 0.6) is 5.75 Å². The summed E-state index contributed by atoms with van der Waals surface area (Å²) in [6, 6.07) is 7.74. The van der Waals surface area contributed by atoms with Crippen LogP contribution in [0.3, 0.4) is 0 Å². The number of ether oxygens (including phenoxy) is 1. The molecule has 0 bridgehead atoms. The molecule has 0 saturated carbocycles. The average molecular weight is 332 g/mol. The van der Waals surface area contributed by atoms with Gasteiger partial charge in [-0.25, -0.2) is 4.98 Å². The molecule has 1 amide bonds. The van der Waals surface area contributed by atoms with Crippen molar-refractivity contribution in [3.05, 3.63) is 40.9 Å². The first-order valence-electron chi connectivity index (χ1n) is 7.49. The van der Waals surface area contributed by atoms with Crippen molar-refractivity contribution in [2.45, 2.75) is 33.1 Å². The number of amides is 1. The van der Waals surface area contributed by atoms with Crippen molar-refractivity contribution in [2.75, 3.05) is 11.9 Å². The molecule has 2 aromatic rings. The second-order valence-electron chi connectivity index (χ2n) is 5.28. The molecule has 0 radical (unpaired) electrons. The van der Waals surface area contributed by atoms with Gasteiger partial charge in [-0.2, -0.15) is 0 Å². The summed E-state index contributed by atoms with van der Waals surface area (Å²) in [6.45, 7) is 5.59. The molecule has 0 aliphatic rings. The van der Waals surface area contributed by atoms with E-state index in [4.69, 9.17) is 4.74 Å². The van der Waals surface area contributed by atoms with Gasteiger partial charge in [0.25, 0.3) is 5.91 Å². The normalized spacial score (nSPS) is 11.8. The van der Waals surface area contributed by atoms with Crippen molar-refractivity contribution >= 4 is 28.2 Å². The first-order valence-corrected chi connectivity index (χ1v) is 8.37. The van der Waals surface area contributed by atoms with Crippen LogP contribution in [0.1, 0.15) is 49.2 Å². The van der Waals surface area contributed by atoms with E-state index >= 15 is 0 Å². The van der Waals surface area contributed by atoms with E-state index in [1.165, 1.54) is 18.3 Å². The van der Waals surface area contributed by atoms with Crippen LogP contribution in [-0.4, -0.2) is 23.3 Å². The third-order valence-corrected chi connectivity index (χ3v) is 4.29. The summed E-state index contributed by atoms with van der Waals surface area (Å²) in [4.78, 5) is 27.2.